The molecule has 0 aromatic heterocycles. The Hall–Kier alpha value is -0.460. The zero-order valence-corrected chi connectivity index (χ0v) is 12.3. The van der Waals surface area contributed by atoms with Crippen LogP contribution < -0.4 is 5.32 Å². The van der Waals surface area contributed by atoms with Crippen molar-refractivity contribution in [1.29, 1.82) is 0 Å². The minimum Gasteiger partial charge on any atom is -0.389 e. The maximum Gasteiger partial charge on any atom is 0.0897 e. The van der Waals surface area contributed by atoms with Crippen LogP contribution in [0.4, 0.5) is 0 Å². The Morgan fingerprint density at radius 3 is 2.63 bits per heavy atom. The largest absolute Gasteiger partial charge is 0.389 e. The maximum atomic E-state index is 9.62. The van der Waals surface area contributed by atoms with E-state index >= 15 is 0 Å². The number of ether oxygens (including phenoxy) is 3. The molecule has 0 aromatic carbocycles. The molecule has 0 heterocycles. The molecule has 0 aliphatic heterocycles. The highest BCUT2D eigenvalue weighted by Crippen LogP contribution is 1.89. The fourth-order valence-corrected chi connectivity index (χ4v) is 1.30. The smallest absolute Gasteiger partial charge is 0.0897 e. The molecule has 0 spiro atoms. The van der Waals surface area contributed by atoms with Gasteiger partial charge >= 0.3 is 0 Å². The number of rotatable bonds is 14. The third-order valence-electron chi connectivity index (χ3n) is 2.26. The topological polar surface area (TPSA) is 60.0 Å². The summed E-state index contributed by atoms with van der Waals surface area (Å²) in [5, 5.41) is 12.7. The van der Waals surface area contributed by atoms with Crippen molar-refractivity contribution in [1.82, 2.24) is 5.32 Å². The van der Waals surface area contributed by atoms with Crippen molar-refractivity contribution in [2.45, 2.75) is 32.5 Å². The lowest BCUT2D eigenvalue weighted by Gasteiger charge is -2.13. The summed E-state index contributed by atoms with van der Waals surface area (Å²) in [5.41, 5.74) is 0. The van der Waals surface area contributed by atoms with Gasteiger partial charge in [0.25, 0.3) is 0 Å². The monoisotopic (exact) mass is 275 g/mol. The van der Waals surface area contributed by atoms with E-state index in [0.29, 0.717) is 39.6 Å². The average Bonchev–Trinajstić information content (AvgIpc) is 2.37. The average molecular weight is 275 g/mol. The Morgan fingerprint density at radius 1 is 1.16 bits per heavy atom. The van der Waals surface area contributed by atoms with Crippen LogP contribution in [0, 0.1) is 0 Å². The predicted molar refractivity (Wildman–Crippen MR) is 76.4 cm³/mol. The molecule has 19 heavy (non-hydrogen) atoms. The molecule has 5 heteroatoms. The van der Waals surface area contributed by atoms with Crippen molar-refractivity contribution in [3.8, 4) is 0 Å². The van der Waals surface area contributed by atoms with Gasteiger partial charge in [-0.2, -0.15) is 0 Å². The third kappa shape index (κ3) is 15.5. The van der Waals surface area contributed by atoms with Gasteiger partial charge in [-0.25, -0.2) is 0 Å². The van der Waals surface area contributed by atoms with E-state index in [9.17, 15) is 5.11 Å². The molecule has 0 amide bonds. The van der Waals surface area contributed by atoms with Gasteiger partial charge < -0.3 is 24.6 Å². The van der Waals surface area contributed by atoms with Crippen LogP contribution in [0.5, 0.6) is 0 Å². The Kier molecular flexibility index (Phi) is 13.6. The number of aliphatic hydroxyl groups excluding tert-OH is 1. The highest BCUT2D eigenvalue weighted by Gasteiger charge is 2.03. The standard InChI is InChI=1S/C14H29NO4/c1-4-5-7-17-8-6-15-11-14(16)12-18-9-10-19-13(2)3/h4,13-16H,1,5-12H2,2-3H3. The number of aliphatic hydroxyl groups is 1. The van der Waals surface area contributed by atoms with Gasteiger partial charge in [-0.05, 0) is 20.3 Å². The van der Waals surface area contributed by atoms with Crippen molar-refractivity contribution in [2.75, 3.05) is 46.1 Å². The summed E-state index contributed by atoms with van der Waals surface area (Å²) >= 11 is 0. The molecule has 0 aliphatic carbocycles. The Bertz CT molecular complexity index is 200. The first-order chi connectivity index (χ1) is 9.16. The van der Waals surface area contributed by atoms with E-state index in [1.807, 2.05) is 19.9 Å². The molecule has 0 bridgehead atoms. The molecule has 114 valence electrons. The molecule has 1 atom stereocenters. The van der Waals surface area contributed by atoms with Gasteiger partial charge in [0.1, 0.15) is 0 Å². The molecule has 1 unspecified atom stereocenters. The van der Waals surface area contributed by atoms with Gasteiger partial charge in [0.05, 0.1) is 45.2 Å². The molecule has 0 saturated carbocycles. The van der Waals surface area contributed by atoms with E-state index in [0.717, 1.165) is 13.0 Å². The summed E-state index contributed by atoms with van der Waals surface area (Å²) in [4.78, 5) is 0. The van der Waals surface area contributed by atoms with E-state index < -0.39 is 6.10 Å². The molecular weight excluding hydrogens is 246 g/mol. The highest BCUT2D eigenvalue weighted by atomic mass is 16.5. The molecule has 0 saturated heterocycles. The van der Waals surface area contributed by atoms with Gasteiger partial charge in [0.2, 0.25) is 0 Å². The van der Waals surface area contributed by atoms with Crippen LogP contribution in [0.15, 0.2) is 12.7 Å². The number of nitrogens with one attached hydrogen (secondary N) is 1. The molecule has 0 rings (SSSR count). The van der Waals surface area contributed by atoms with E-state index in [4.69, 9.17) is 14.2 Å². The van der Waals surface area contributed by atoms with Gasteiger partial charge in [0, 0.05) is 13.1 Å². The molecule has 0 aromatic rings. The lowest BCUT2D eigenvalue weighted by atomic mass is 10.4. The summed E-state index contributed by atoms with van der Waals surface area (Å²) in [6.45, 7) is 11.6. The van der Waals surface area contributed by atoms with Crippen LogP contribution in [-0.2, 0) is 14.2 Å². The van der Waals surface area contributed by atoms with Gasteiger partial charge in [-0.1, -0.05) is 6.08 Å². The SMILES string of the molecule is C=CCCOCCNCC(O)COCCOC(C)C. The van der Waals surface area contributed by atoms with Crippen molar-refractivity contribution in [2.24, 2.45) is 0 Å². The zero-order chi connectivity index (χ0) is 14.3. The van der Waals surface area contributed by atoms with Crippen LogP contribution in [0.1, 0.15) is 20.3 Å². The van der Waals surface area contributed by atoms with Crippen molar-refractivity contribution < 1.29 is 19.3 Å². The predicted octanol–water partition coefficient (Wildman–Crippen LogP) is 0.971. The first-order valence-corrected chi connectivity index (χ1v) is 6.93. The van der Waals surface area contributed by atoms with Gasteiger partial charge in [-0.3, -0.25) is 0 Å². The van der Waals surface area contributed by atoms with Crippen molar-refractivity contribution in [3.63, 3.8) is 0 Å². The van der Waals surface area contributed by atoms with Crippen LogP contribution in [-0.4, -0.2) is 63.4 Å². The number of hydrogen-bond acceptors (Lipinski definition) is 5. The van der Waals surface area contributed by atoms with Gasteiger partial charge in [-0.15, -0.1) is 6.58 Å². The van der Waals surface area contributed by atoms with E-state index in [1.165, 1.54) is 0 Å². The number of hydrogen-bond donors (Lipinski definition) is 2. The van der Waals surface area contributed by atoms with Crippen molar-refractivity contribution in [3.05, 3.63) is 12.7 Å². The summed E-state index contributed by atoms with van der Waals surface area (Å²) < 4.78 is 15.9. The molecule has 0 radical (unpaired) electrons. The first-order valence-electron chi connectivity index (χ1n) is 6.93. The summed E-state index contributed by atoms with van der Waals surface area (Å²) in [6.07, 6.45) is 2.43. The first kappa shape index (κ1) is 18.5. The fourth-order valence-electron chi connectivity index (χ4n) is 1.30. The fraction of sp³-hybridized carbons (Fsp3) is 0.857. The summed E-state index contributed by atoms with van der Waals surface area (Å²) in [7, 11) is 0. The van der Waals surface area contributed by atoms with Gasteiger partial charge in [0.15, 0.2) is 0 Å². The second kappa shape index (κ2) is 14.0. The quantitative estimate of drug-likeness (QED) is 0.365. The van der Waals surface area contributed by atoms with Crippen LogP contribution in [0.3, 0.4) is 0 Å². The minimum atomic E-state index is -0.493. The summed E-state index contributed by atoms with van der Waals surface area (Å²) in [6, 6.07) is 0. The van der Waals surface area contributed by atoms with E-state index in [2.05, 4.69) is 11.9 Å². The lowest BCUT2D eigenvalue weighted by molar-refractivity contribution is -0.0102. The Balaban J connectivity index is 3.16. The third-order valence-corrected chi connectivity index (χ3v) is 2.26. The van der Waals surface area contributed by atoms with Crippen LogP contribution >= 0.6 is 0 Å². The second-order valence-electron chi connectivity index (χ2n) is 4.54. The normalized spacial score (nSPS) is 12.8. The van der Waals surface area contributed by atoms with Crippen LogP contribution in [0.2, 0.25) is 0 Å². The molecule has 5 nitrogen and oxygen atoms in total. The minimum absolute atomic E-state index is 0.219. The van der Waals surface area contributed by atoms with Crippen LogP contribution in [0.25, 0.3) is 0 Å². The van der Waals surface area contributed by atoms with Crippen molar-refractivity contribution >= 4 is 0 Å². The molecular formula is C14H29NO4. The summed E-state index contributed by atoms with van der Waals surface area (Å²) in [5.74, 6) is 0. The zero-order valence-electron chi connectivity index (χ0n) is 12.3. The maximum absolute atomic E-state index is 9.62. The Morgan fingerprint density at radius 2 is 1.95 bits per heavy atom. The molecule has 0 aliphatic rings. The Labute approximate surface area is 116 Å². The van der Waals surface area contributed by atoms with E-state index in [1.54, 1.807) is 0 Å². The highest BCUT2D eigenvalue weighted by molar-refractivity contribution is 4.64. The lowest BCUT2D eigenvalue weighted by Crippen LogP contribution is -2.32. The van der Waals surface area contributed by atoms with E-state index in [-0.39, 0.29) is 6.10 Å². The second-order valence-corrected chi connectivity index (χ2v) is 4.54. The molecule has 0 fully saturated rings. The molecule has 2 N–H and O–H groups in total.